The maximum Gasteiger partial charge on any atom is 0.0722 e. The lowest BCUT2D eigenvalue weighted by Gasteiger charge is -2.19. The second-order valence-corrected chi connectivity index (χ2v) is 3.53. The Morgan fingerprint density at radius 3 is 2.92 bits per heavy atom. The van der Waals surface area contributed by atoms with Gasteiger partial charge in [-0.2, -0.15) is 0 Å². The van der Waals surface area contributed by atoms with Crippen LogP contribution in [0, 0.1) is 6.92 Å². The van der Waals surface area contributed by atoms with Crippen LogP contribution in [-0.2, 0) is 17.8 Å². The highest BCUT2D eigenvalue weighted by Crippen LogP contribution is 2.27. The summed E-state index contributed by atoms with van der Waals surface area (Å²) >= 11 is 6.06. The van der Waals surface area contributed by atoms with Crippen molar-refractivity contribution >= 4 is 11.6 Å². The number of hydrogen-bond acceptors (Lipinski definition) is 1. The Hall–Kier alpha value is -0.530. The molecule has 1 aliphatic rings. The van der Waals surface area contributed by atoms with Crippen molar-refractivity contribution < 1.29 is 4.74 Å². The van der Waals surface area contributed by atoms with Crippen LogP contribution in [0.5, 0.6) is 0 Å². The Morgan fingerprint density at radius 1 is 1.33 bits per heavy atom. The van der Waals surface area contributed by atoms with Gasteiger partial charge in [0, 0.05) is 5.02 Å². The molecule has 1 nitrogen and oxygen atoms in total. The van der Waals surface area contributed by atoms with Gasteiger partial charge in [0.1, 0.15) is 0 Å². The molecule has 0 aliphatic carbocycles. The van der Waals surface area contributed by atoms with E-state index >= 15 is 0 Å². The van der Waals surface area contributed by atoms with Crippen LogP contribution >= 0.6 is 11.6 Å². The number of benzene rings is 1. The molecule has 2 rings (SSSR count). The van der Waals surface area contributed by atoms with Gasteiger partial charge in [-0.25, -0.2) is 0 Å². The summed E-state index contributed by atoms with van der Waals surface area (Å²) in [7, 11) is 0. The van der Waals surface area contributed by atoms with Crippen LogP contribution in [0.25, 0.3) is 0 Å². The van der Waals surface area contributed by atoms with Crippen LogP contribution in [0.4, 0.5) is 0 Å². The molecule has 0 N–H and O–H groups in total. The molecule has 64 valence electrons. The number of aryl methyl sites for hydroxylation is 1. The Labute approximate surface area is 77.3 Å². The fourth-order valence-electron chi connectivity index (χ4n) is 1.60. The monoisotopic (exact) mass is 182 g/mol. The van der Waals surface area contributed by atoms with E-state index in [2.05, 4.69) is 13.0 Å². The molecule has 0 aromatic heterocycles. The number of ether oxygens (including phenoxy) is 1. The molecule has 0 spiro atoms. The molecule has 0 saturated carbocycles. The fraction of sp³-hybridized carbons (Fsp3) is 0.400. The first-order valence-electron chi connectivity index (χ1n) is 4.13. The van der Waals surface area contributed by atoms with E-state index in [1.165, 1.54) is 16.7 Å². The lowest BCUT2D eigenvalue weighted by atomic mass is 9.99. The van der Waals surface area contributed by atoms with Crippen molar-refractivity contribution in [2.24, 2.45) is 0 Å². The van der Waals surface area contributed by atoms with Crippen LogP contribution in [0.15, 0.2) is 12.1 Å². The van der Waals surface area contributed by atoms with Crippen LogP contribution < -0.4 is 0 Å². The number of rotatable bonds is 0. The summed E-state index contributed by atoms with van der Waals surface area (Å²) < 4.78 is 5.37. The topological polar surface area (TPSA) is 9.23 Å². The second-order valence-electron chi connectivity index (χ2n) is 3.12. The molecule has 1 aromatic carbocycles. The summed E-state index contributed by atoms with van der Waals surface area (Å²) in [5, 5.41) is 0.888. The molecule has 12 heavy (non-hydrogen) atoms. The van der Waals surface area contributed by atoms with Crippen molar-refractivity contribution in [2.45, 2.75) is 20.0 Å². The highest BCUT2D eigenvalue weighted by molar-refractivity contribution is 6.31. The van der Waals surface area contributed by atoms with E-state index in [0.29, 0.717) is 0 Å². The molecule has 0 radical (unpaired) electrons. The number of halogens is 1. The van der Waals surface area contributed by atoms with Gasteiger partial charge in [-0.05, 0) is 36.1 Å². The summed E-state index contributed by atoms with van der Waals surface area (Å²) in [6.45, 7) is 3.63. The summed E-state index contributed by atoms with van der Waals surface area (Å²) in [4.78, 5) is 0. The van der Waals surface area contributed by atoms with Crippen LogP contribution in [0.1, 0.15) is 16.7 Å². The minimum atomic E-state index is 0.724. The number of hydrogen-bond donors (Lipinski definition) is 0. The number of fused-ring (bicyclic) bond motifs is 1. The summed E-state index contributed by atoms with van der Waals surface area (Å²) in [6.07, 6.45) is 0.954. The summed E-state index contributed by atoms with van der Waals surface area (Å²) in [5.41, 5.74) is 3.85. The molecule has 1 aromatic rings. The van der Waals surface area contributed by atoms with E-state index in [4.69, 9.17) is 16.3 Å². The first-order chi connectivity index (χ1) is 5.79. The molecule has 2 heteroatoms. The van der Waals surface area contributed by atoms with Gasteiger partial charge in [0.15, 0.2) is 0 Å². The van der Waals surface area contributed by atoms with Crippen molar-refractivity contribution in [2.75, 3.05) is 6.61 Å². The smallest absolute Gasteiger partial charge is 0.0722 e. The van der Waals surface area contributed by atoms with Crippen LogP contribution in [0.2, 0.25) is 5.02 Å². The zero-order valence-corrected chi connectivity index (χ0v) is 7.82. The van der Waals surface area contributed by atoms with Crippen molar-refractivity contribution in [3.63, 3.8) is 0 Å². The highest BCUT2D eigenvalue weighted by atomic mass is 35.5. The summed E-state index contributed by atoms with van der Waals surface area (Å²) in [5.74, 6) is 0. The normalized spacial score (nSPS) is 15.8. The van der Waals surface area contributed by atoms with Crippen molar-refractivity contribution in [3.05, 3.63) is 33.8 Å². The predicted molar refractivity (Wildman–Crippen MR) is 49.5 cm³/mol. The molecule has 1 aliphatic heterocycles. The first kappa shape index (κ1) is 8.09. The zero-order valence-electron chi connectivity index (χ0n) is 7.06. The second kappa shape index (κ2) is 3.08. The Balaban J connectivity index is 2.57. The van der Waals surface area contributed by atoms with E-state index in [1.807, 2.05) is 6.07 Å². The molecule has 0 atom stereocenters. The van der Waals surface area contributed by atoms with Gasteiger partial charge < -0.3 is 4.74 Å². The third kappa shape index (κ3) is 1.23. The Kier molecular flexibility index (Phi) is 2.07. The van der Waals surface area contributed by atoms with E-state index in [0.717, 1.165) is 24.7 Å². The molecule has 0 bridgehead atoms. The van der Waals surface area contributed by atoms with E-state index < -0.39 is 0 Å². The van der Waals surface area contributed by atoms with Crippen molar-refractivity contribution in [3.8, 4) is 0 Å². The van der Waals surface area contributed by atoms with Gasteiger partial charge in [-0.1, -0.05) is 17.7 Å². The quantitative estimate of drug-likeness (QED) is 0.600. The van der Waals surface area contributed by atoms with E-state index in [-0.39, 0.29) is 0 Å². The van der Waals surface area contributed by atoms with E-state index in [1.54, 1.807) is 0 Å². The first-order valence-corrected chi connectivity index (χ1v) is 4.51. The summed E-state index contributed by atoms with van der Waals surface area (Å²) in [6, 6.07) is 4.02. The zero-order chi connectivity index (χ0) is 8.55. The van der Waals surface area contributed by atoms with Gasteiger partial charge in [0.2, 0.25) is 0 Å². The largest absolute Gasteiger partial charge is 0.376 e. The molecular weight excluding hydrogens is 172 g/mol. The molecule has 0 unspecified atom stereocenters. The fourth-order valence-corrected chi connectivity index (χ4v) is 1.87. The lowest BCUT2D eigenvalue weighted by molar-refractivity contribution is 0.110. The molecule has 0 saturated heterocycles. The maximum absolute atomic E-state index is 6.06. The molecule has 1 heterocycles. The average Bonchev–Trinajstić information content (AvgIpc) is 2.12. The third-order valence-corrected chi connectivity index (χ3v) is 2.71. The molecule has 0 amide bonds. The highest BCUT2D eigenvalue weighted by Gasteiger charge is 2.13. The predicted octanol–water partition coefficient (Wildman–Crippen LogP) is 2.72. The Bertz CT molecular complexity index is 276. The van der Waals surface area contributed by atoms with Gasteiger partial charge in [0.05, 0.1) is 13.2 Å². The van der Waals surface area contributed by atoms with E-state index in [9.17, 15) is 0 Å². The van der Waals surface area contributed by atoms with Gasteiger partial charge >= 0.3 is 0 Å². The average molecular weight is 183 g/mol. The lowest BCUT2D eigenvalue weighted by Crippen LogP contribution is -2.11. The molecular formula is C10H11ClO. The molecule has 0 fully saturated rings. The minimum Gasteiger partial charge on any atom is -0.376 e. The van der Waals surface area contributed by atoms with Gasteiger partial charge in [-0.15, -0.1) is 0 Å². The van der Waals surface area contributed by atoms with Crippen LogP contribution in [0.3, 0.4) is 0 Å². The van der Waals surface area contributed by atoms with Crippen molar-refractivity contribution in [1.29, 1.82) is 0 Å². The minimum absolute atomic E-state index is 0.724. The Morgan fingerprint density at radius 2 is 2.17 bits per heavy atom. The third-order valence-electron chi connectivity index (χ3n) is 2.35. The van der Waals surface area contributed by atoms with Crippen LogP contribution in [-0.4, -0.2) is 6.61 Å². The SMILES string of the molecule is Cc1ccc(Cl)c2c1COCC2. The van der Waals surface area contributed by atoms with Gasteiger partial charge in [0.25, 0.3) is 0 Å². The van der Waals surface area contributed by atoms with Crippen molar-refractivity contribution in [1.82, 2.24) is 0 Å². The standard InChI is InChI=1S/C10H11ClO/c1-7-2-3-10(11)8-4-5-12-6-9(7)8/h2-3H,4-6H2,1H3. The van der Waals surface area contributed by atoms with Gasteiger partial charge in [-0.3, -0.25) is 0 Å². The maximum atomic E-state index is 6.06.